The van der Waals surface area contributed by atoms with Gasteiger partial charge in [-0.25, -0.2) is 4.39 Å². The van der Waals surface area contributed by atoms with Crippen molar-refractivity contribution in [2.75, 3.05) is 6.61 Å². The van der Waals surface area contributed by atoms with Gasteiger partial charge < -0.3 is 10.5 Å². The van der Waals surface area contributed by atoms with Crippen LogP contribution in [0.3, 0.4) is 0 Å². The van der Waals surface area contributed by atoms with Crippen molar-refractivity contribution in [1.29, 1.82) is 0 Å². The number of nitrogens with zero attached hydrogens (tertiary/aromatic N) is 1. The van der Waals surface area contributed by atoms with Gasteiger partial charge in [0.2, 0.25) is 0 Å². The Labute approximate surface area is 117 Å². The molecule has 3 rings (SSSR count). The van der Waals surface area contributed by atoms with Crippen molar-refractivity contribution < 1.29 is 9.13 Å². The van der Waals surface area contributed by atoms with E-state index in [-0.39, 0.29) is 18.0 Å². The minimum atomic E-state index is -0.250. The zero-order valence-corrected chi connectivity index (χ0v) is 11.1. The average molecular weight is 272 g/mol. The van der Waals surface area contributed by atoms with Gasteiger partial charge in [0.25, 0.3) is 0 Å². The van der Waals surface area contributed by atoms with Crippen LogP contribution in [0.1, 0.15) is 18.4 Å². The molecule has 20 heavy (non-hydrogen) atoms. The number of hydrogen-bond donors (Lipinski definition) is 1. The molecule has 0 radical (unpaired) electrons. The highest BCUT2D eigenvalue weighted by atomic mass is 19.1. The Morgan fingerprint density at radius 2 is 2.20 bits per heavy atom. The topological polar surface area (TPSA) is 48.1 Å². The summed E-state index contributed by atoms with van der Waals surface area (Å²) in [6.45, 7) is 0.598. The smallest absolute Gasteiger partial charge is 0.123 e. The fraction of sp³-hybridized carbons (Fsp3) is 0.312. The van der Waals surface area contributed by atoms with Gasteiger partial charge in [-0.1, -0.05) is 12.2 Å². The van der Waals surface area contributed by atoms with E-state index in [2.05, 4.69) is 4.98 Å². The lowest BCUT2D eigenvalue weighted by Crippen LogP contribution is -2.34. The summed E-state index contributed by atoms with van der Waals surface area (Å²) in [6.07, 6.45) is 7.72. The standard InChI is InChI=1S/C16H17FN2O/c17-12-2-6-16-15(9-12)11(7-8-19-16)1-4-14-5-3-13(18)10-20-14/h1-2,4,6-9,13-14H,3,5,10,18H2/b4-1+/t13-,14-/m0/s1. The second kappa shape index (κ2) is 5.69. The lowest BCUT2D eigenvalue weighted by Gasteiger charge is -2.24. The summed E-state index contributed by atoms with van der Waals surface area (Å²) in [5.74, 6) is -0.250. The van der Waals surface area contributed by atoms with Crippen molar-refractivity contribution in [2.45, 2.75) is 25.0 Å². The minimum absolute atomic E-state index is 0.0894. The van der Waals surface area contributed by atoms with Crippen molar-refractivity contribution >= 4 is 17.0 Å². The van der Waals surface area contributed by atoms with E-state index in [4.69, 9.17) is 10.5 Å². The Balaban J connectivity index is 1.85. The van der Waals surface area contributed by atoms with Gasteiger partial charge in [-0.3, -0.25) is 4.98 Å². The number of ether oxygens (including phenoxy) is 1. The molecule has 0 saturated carbocycles. The van der Waals surface area contributed by atoms with Crippen molar-refractivity contribution in [3.05, 3.63) is 47.9 Å². The van der Waals surface area contributed by atoms with Crippen molar-refractivity contribution in [3.8, 4) is 0 Å². The zero-order valence-electron chi connectivity index (χ0n) is 11.1. The Morgan fingerprint density at radius 3 is 3.00 bits per heavy atom. The Morgan fingerprint density at radius 1 is 1.30 bits per heavy atom. The highest BCUT2D eigenvalue weighted by Gasteiger charge is 2.16. The number of nitrogens with two attached hydrogens (primary N) is 1. The molecule has 1 aliphatic rings. The largest absolute Gasteiger partial charge is 0.373 e. The molecule has 0 amide bonds. The van der Waals surface area contributed by atoms with E-state index in [9.17, 15) is 4.39 Å². The first-order valence-electron chi connectivity index (χ1n) is 6.82. The molecule has 1 aromatic heterocycles. The first kappa shape index (κ1) is 13.2. The highest BCUT2D eigenvalue weighted by Crippen LogP contribution is 2.21. The molecule has 2 heterocycles. The normalized spacial score (nSPS) is 23.5. The molecule has 4 heteroatoms. The molecule has 1 aliphatic heterocycles. The van der Waals surface area contributed by atoms with Crippen LogP contribution in [0.5, 0.6) is 0 Å². The molecule has 2 N–H and O–H groups in total. The van der Waals surface area contributed by atoms with E-state index in [1.165, 1.54) is 12.1 Å². The van der Waals surface area contributed by atoms with Crippen LogP contribution in [-0.4, -0.2) is 23.7 Å². The maximum atomic E-state index is 13.4. The number of aromatic nitrogens is 1. The molecule has 104 valence electrons. The predicted molar refractivity (Wildman–Crippen MR) is 77.7 cm³/mol. The van der Waals surface area contributed by atoms with Crippen molar-refractivity contribution in [1.82, 2.24) is 4.98 Å². The molecule has 2 atom stereocenters. The molecule has 0 unspecified atom stereocenters. The van der Waals surface area contributed by atoms with Crippen molar-refractivity contribution in [2.24, 2.45) is 5.73 Å². The van der Waals surface area contributed by atoms with Crippen LogP contribution in [-0.2, 0) is 4.74 Å². The fourth-order valence-corrected chi connectivity index (χ4v) is 2.44. The van der Waals surface area contributed by atoms with Gasteiger partial charge in [0.05, 0.1) is 18.2 Å². The van der Waals surface area contributed by atoms with Gasteiger partial charge in [-0.2, -0.15) is 0 Å². The quantitative estimate of drug-likeness (QED) is 0.914. The lowest BCUT2D eigenvalue weighted by atomic mass is 10.0. The summed E-state index contributed by atoms with van der Waals surface area (Å²) in [7, 11) is 0. The van der Waals surface area contributed by atoms with Gasteiger partial charge in [-0.15, -0.1) is 0 Å². The maximum Gasteiger partial charge on any atom is 0.123 e. The SMILES string of the molecule is N[C@H]1CC[C@H](/C=C/c2ccnc3ccc(F)cc23)OC1. The third-order valence-corrected chi connectivity index (χ3v) is 3.57. The van der Waals surface area contributed by atoms with Crippen LogP contribution in [0.15, 0.2) is 36.5 Å². The molecule has 1 fully saturated rings. The Hall–Kier alpha value is -1.78. The maximum absolute atomic E-state index is 13.4. The molecule has 0 spiro atoms. The highest BCUT2D eigenvalue weighted by molar-refractivity contribution is 5.87. The van der Waals surface area contributed by atoms with E-state index in [0.717, 1.165) is 29.3 Å². The summed E-state index contributed by atoms with van der Waals surface area (Å²) in [4.78, 5) is 4.24. The second-order valence-corrected chi connectivity index (χ2v) is 5.13. The molecular formula is C16H17FN2O. The summed E-state index contributed by atoms with van der Waals surface area (Å²) in [6, 6.07) is 6.66. The van der Waals surface area contributed by atoms with E-state index in [1.807, 2.05) is 18.2 Å². The molecule has 1 aromatic carbocycles. The van der Waals surface area contributed by atoms with E-state index >= 15 is 0 Å². The zero-order chi connectivity index (χ0) is 13.9. The van der Waals surface area contributed by atoms with Crippen LogP contribution in [0.25, 0.3) is 17.0 Å². The van der Waals surface area contributed by atoms with Gasteiger partial charge in [0.1, 0.15) is 5.82 Å². The summed E-state index contributed by atoms with van der Waals surface area (Å²) in [5, 5.41) is 0.816. The number of fused-ring (bicyclic) bond motifs is 1. The predicted octanol–water partition coefficient (Wildman–Crippen LogP) is 2.89. The number of rotatable bonds is 2. The summed E-state index contributed by atoms with van der Waals surface area (Å²) >= 11 is 0. The second-order valence-electron chi connectivity index (χ2n) is 5.13. The Kier molecular flexibility index (Phi) is 3.76. The molecule has 3 nitrogen and oxygen atoms in total. The van der Waals surface area contributed by atoms with Crippen LogP contribution in [0, 0.1) is 5.82 Å². The third kappa shape index (κ3) is 2.86. The minimum Gasteiger partial charge on any atom is -0.373 e. The van der Waals surface area contributed by atoms with E-state index < -0.39 is 0 Å². The number of benzene rings is 1. The number of hydrogen-bond acceptors (Lipinski definition) is 3. The number of pyridine rings is 1. The summed E-state index contributed by atoms with van der Waals surface area (Å²) in [5.41, 5.74) is 7.54. The van der Waals surface area contributed by atoms with Crippen LogP contribution < -0.4 is 5.73 Å². The Bertz CT molecular complexity index is 633. The average Bonchev–Trinajstić information content (AvgIpc) is 2.47. The van der Waals surface area contributed by atoms with Crippen LogP contribution in [0.2, 0.25) is 0 Å². The third-order valence-electron chi connectivity index (χ3n) is 3.57. The van der Waals surface area contributed by atoms with Crippen LogP contribution in [0.4, 0.5) is 4.39 Å². The van der Waals surface area contributed by atoms with Gasteiger partial charge >= 0.3 is 0 Å². The van der Waals surface area contributed by atoms with E-state index in [0.29, 0.717) is 6.61 Å². The molecule has 2 aromatic rings. The summed E-state index contributed by atoms with van der Waals surface area (Å²) < 4.78 is 19.0. The van der Waals surface area contributed by atoms with E-state index in [1.54, 1.807) is 12.3 Å². The molecule has 0 bridgehead atoms. The van der Waals surface area contributed by atoms with Crippen molar-refractivity contribution in [3.63, 3.8) is 0 Å². The lowest BCUT2D eigenvalue weighted by molar-refractivity contribution is 0.0349. The first-order valence-corrected chi connectivity index (χ1v) is 6.82. The number of halogens is 1. The monoisotopic (exact) mass is 272 g/mol. The van der Waals surface area contributed by atoms with Gasteiger partial charge in [0.15, 0.2) is 0 Å². The fourth-order valence-electron chi connectivity index (χ4n) is 2.44. The van der Waals surface area contributed by atoms with Gasteiger partial charge in [0, 0.05) is 17.6 Å². The molecule has 1 saturated heterocycles. The molecular weight excluding hydrogens is 255 g/mol. The first-order chi connectivity index (χ1) is 9.72. The molecule has 0 aliphatic carbocycles. The van der Waals surface area contributed by atoms with Gasteiger partial charge in [-0.05, 0) is 42.7 Å². The van der Waals surface area contributed by atoms with Crippen LogP contribution >= 0.6 is 0 Å².